The average molecular weight is 285 g/mol. The molecule has 1 aromatic rings. The molecule has 0 aliphatic carbocycles. The number of anilines is 1. The predicted molar refractivity (Wildman–Crippen MR) is 79.4 cm³/mol. The van der Waals surface area contributed by atoms with Gasteiger partial charge in [0, 0.05) is 29.4 Å². The molecule has 1 fully saturated rings. The predicted octanol–water partition coefficient (Wildman–Crippen LogP) is 2.96. The first kappa shape index (κ1) is 13.6. The summed E-state index contributed by atoms with van der Waals surface area (Å²) in [6.45, 7) is 3.66. The lowest BCUT2D eigenvalue weighted by atomic mass is 10.0. The fraction of sp³-hybridized carbons (Fsp3) is 0.462. The van der Waals surface area contributed by atoms with Crippen molar-refractivity contribution in [3.63, 3.8) is 0 Å². The minimum Gasteiger partial charge on any atom is -0.389 e. The van der Waals surface area contributed by atoms with Gasteiger partial charge in [-0.1, -0.05) is 23.8 Å². The quantitative estimate of drug-likeness (QED) is 0.835. The molecule has 1 atom stereocenters. The van der Waals surface area contributed by atoms with E-state index in [9.17, 15) is 0 Å². The first-order chi connectivity index (χ1) is 8.50. The summed E-state index contributed by atoms with van der Waals surface area (Å²) in [6, 6.07) is 5.47. The summed E-state index contributed by atoms with van der Waals surface area (Å²) in [7, 11) is 0. The van der Waals surface area contributed by atoms with Crippen LogP contribution in [-0.4, -0.2) is 23.7 Å². The Hall–Kier alpha value is -0.840. The molecule has 1 aliphatic rings. The van der Waals surface area contributed by atoms with Crippen LogP contribution in [0.15, 0.2) is 18.2 Å². The molecule has 3 nitrogen and oxygen atoms in total. The summed E-state index contributed by atoms with van der Waals surface area (Å²) in [6.07, 6.45) is 2.17. The van der Waals surface area contributed by atoms with Gasteiger partial charge in [-0.15, -0.1) is 0 Å². The van der Waals surface area contributed by atoms with Crippen molar-refractivity contribution < 1.29 is 4.74 Å². The second-order valence-electron chi connectivity index (χ2n) is 4.81. The van der Waals surface area contributed by atoms with Gasteiger partial charge in [0.1, 0.15) is 4.99 Å². The van der Waals surface area contributed by atoms with Crippen molar-refractivity contribution in [3.8, 4) is 0 Å². The number of rotatable bonds is 4. The van der Waals surface area contributed by atoms with E-state index in [1.165, 1.54) is 0 Å². The monoisotopic (exact) mass is 284 g/mol. The molecule has 0 amide bonds. The van der Waals surface area contributed by atoms with Crippen LogP contribution in [0.3, 0.4) is 0 Å². The van der Waals surface area contributed by atoms with Crippen LogP contribution in [0.4, 0.5) is 5.69 Å². The largest absolute Gasteiger partial charge is 0.389 e. The molecule has 1 saturated heterocycles. The number of nitrogens with one attached hydrogen (secondary N) is 1. The summed E-state index contributed by atoms with van der Waals surface area (Å²) < 4.78 is 5.73. The molecule has 0 saturated carbocycles. The Morgan fingerprint density at radius 1 is 1.61 bits per heavy atom. The zero-order valence-electron chi connectivity index (χ0n) is 10.3. The second kappa shape index (κ2) is 5.43. The van der Waals surface area contributed by atoms with E-state index in [4.69, 9.17) is 34.3 Å². The summed E-state index contributed by atoms with van der Waals surface area (Å²) in [5.41, 5.74) is 7.27. The third kappa shape index (κ3) is 3.13. The van der Waals surface area contributed by atoms with Gasteiger partial charge in [-0.2, -0.15) is 0 Å². The molecule has 3 N–H and O–H groups in total. The van der Waals surface area contributed by atoms with Crippen molar-refractivity contribution in [2.75, 3.05) is 18.5 Å². The Morgan fingerprint density at radius 2 is 2.39 bits per heavy atom. The van der Waals surface area contributed by atoms with E-state index in [0.717, 1.165) is 37.2 Å². The van der Waals surface area contributed by atoms with Crippen molar-refractivity contribution in [2.45, 2.75) is 25.4 Å². The Kier molecular flexibility index (Phi) is 4.10. The molecule has 5 heteroatoms. The van der Waals surface area contributed by atoms with Crippen molar-refractivity contribution in [1.82, 2.24) is 0 Å². The Labute approximate surface area is 118 Å². The lowest BCUT2D eigenvalue weighted by Gasteiger charge is -2.24. The maximum atomic E-state index is 6.00. The van der Waals surface area contributed by atoms with Gasteiger partial charge in [0.15, 0.2) is 0 Å². The first-order valence-corrected chi connectivity index (χ1v) is 6.76. The number of thiocarbonyl (C=S) groups is 1. The summed E-state index contributed by atoms with van der Waals surface area (Å²) >= 11 is 11.0. The highest BCUT2D eigenvalue weighted by Crippen LogP contribution is 2.27. The van der Waals surface area contributed by atoms with Crippen LogP contribution >= 0.6 is 23.8 Å². The first-order valence-electron chi connectivity index (χ1n) is 5.97. The Bertz CT molecular complexity index is 458. The number of hydrogen-bond acceptors (Lipinski definition) is 3. The van der Waals surface area contributed by atoms with E-state index in [2.05, 4.69) is 12.2 Å². The normalized spacial score (nSPS) is 23.0. The van der Waals surface area contributed by atoms with Crippen molar-refractivity contribution in [2.24, 2.45) is 5.73 Å². The highest BCUT2D eigenvalue weighted by molar-refractivity contribution is 7.80. The van der Waals surface area contributed by atoms with Gasteiger partial charge in [-0.3, -0.25) is 0 Å². The molecular weight excluding hydrogens is 268 g/mol. The van der Waals surface area contributed by atoms with Crippen LogP contribution < -0.4 is 11.1 Å². The van der Waals surface area contributed by atoms with Crippen LogP contribution in [0.2, 0.25) is 5.02 Å². The fourth-order valence-electron chi connectivity index (χ4n) is 2.14. The summed E-state index contributed by atoms with van der Waals surface area (Å²) in [5.74, 6) is 0. The van der Waals surface area contributed by atoms with E-state index >= 15 is 0 Å². The van der Waals surface area contributed by atoms with Gasteiger partial charge >= 0.3 is 0 Å². The molecule has 1 heterocycles. The molecule has 1 aromatic carbocycles. The third-order valence-electron chi connectivity index (χ3n) is 3.20. The van der Waals surface area contributed by atoms with E-state index in [1.807, 2.05) is 12.1 Å². The topological polar surface area (TPSA) is 47.3 Å². The molecule has 0 aromatic heterocycles. The van der Waals surface area contributed by atoms with Gasteiger partial charge in [0.2, 0.25) is 0 Å². The second-order valence-corrected chi connectivity index (χ2v) is 5.69. The lowest BCUT2D eigenvalue weighted by molar-refractivity contribution is 0.0315. The number of benzene rings is 1. The Morgan fingerprint density at radius 3 is 3.00 bits per heavy atom. The number of nitrogens with two attached hydrogens (primary N) is 1. The molecule has 1 aliphatic heterocycles. The number of hydrogen-bond donors (Lipinski definition) is 2. The smallest absolute Gasteiger partial charge is 0.106 e. The molecule has 98 valence electrons. The van der Waals surface area contributed by atoms with Crippen LogP contribution in [0.25, 0.3) is 0 Å². The van der Waals surface area contributed by atoms with E-state index in [-0.39, 0.29) is 5.60 Å². The molecule has 18 heavy (non-hydrogen) atoms. The maximum Gasteiger partial charge on any atom is 0.106 e. The maximum absolute atomic E-state index is 6.00. The molecule has 0 bridgehead atoms. The van der Waals surface area contributed by atoms with E-state index in [1.54, 1.807) is 6.07 Å². The van der Waals surface area contributed by atoms with Crippen LogP contribution in [-0.2, 0) is 4.74 Å². The van der Waals surface area contributed by atoms with Gasteiger partial charge in [-0.25, -0.2) is 0 Å². The fourth-order valence-corrected chi connectivity index (χ4v) is 2.49. The molecule has 0 radical (unpaired) electrons. The lowest BCUT2D eigenvalue weighted by Crippen LogP contribution is -2.33. The van der Waals surface area contributed by atoms with Crippen molar-refractivity contribution in [3.05, 3.63) is 28.8 Å². The van der Waals surface area contributed by atoms with Crippen molar-refractivity contribution >= 4 is 34.5 Å². The molecule has 1 unspecified atom stereocenters. The third-order valence-corrected chi connectivity index (χ3v) is 3.66. The minimum absolute atomic E-state index is 0.115. The van der Waals surface area contributed by atoms with Gasteiger partial charge in [0.25, 0.3) is 0 Å². The van der Waals surface area contributed by atoms with Crippen LogP contribution in [0, 0.1) is 0 Å². The van der Waals surface area contributed by atoms with E-state index < -0.39 is 0 Å². The van der Waals surface area contributed by atoms with Gasteiger partial charge < -0.3 is 15.8 Å². The molecule has 0 spiro atoms. The standard InChI is InChI=1S/C13H17ClN2OS/c1-13(5-2-6-17-13)8-16-11-7-9(14)3-4-10(11)12(15)18/h3-4,7,16H,2,5-6,8H2,1H3,(H2,15,18). The highest BCUT2D eigenvalue weighted by atomic mass is 35.5. The minimum atomic E-state index is -0.115. The van der Waals surface area contributed by atoms with Gasteiger partial charge in [-0.05, 0) is 38.0 Å². The van der Waals surface area contributed by atoms with Crippen LogP contribution in [0.5, 0.6) is 0 Å². The zero-order chi connectivity index (χ0) is 13.2. The van der Waals surface area contributed by atoms with Crippen LogP contribution in [0.1, 0.15) is 25.3 Å². The van der Waals surface area contributed by atoms with E-state index in [0.29, 0.717) is 10.0 Å². The SMILES string of the molecule is CC1(CNc2cc(Cl)ccc2C(N)=S)CCCO1. The summed E-state index contributed by atoms with van der Waals surface area (Å²) in [5, 5.41) is 4.00. The van der Waals surface area contributed by atoms with Crippen molar-refractivity contribution in [1.29, 1.82) is 0 Å². The Balaban J connectivity index is 2.12. The zero-order valence-corrected chi connectivity index (χ0v) is 11.9. The molecular formula is C13H17ClN2OS. The number of ether oxygens (including phenoxy) is 1. The van der Waals surface area contributed by atoms with Gasteiger partial charge in [0.05, 0.1) is 5.60 Å². The summed E-state index contributed by atoms with van der Waals surface area (Å²) in [4.78, 5) is 0.367. The average Bonchev–Trinajstić information content (AvgIpc) is 2.74. The highest BCUT2D eigenvalue weighted by Gasteiger charge is 2.29. The molecule has 2 rings (SSSR count). The number of halogens is 1.